The third-order valence-corrected chi connectivity index (χ3v) is 5.24. The van der Waals surface area contributed by atoms with Gasteiger partial charge in [-0.25, -0.2) is 8.42 Å². The smallest absolute Gasteiger partial charge is 0.244 e. The summed E-state index contributed by atoms with van der Waals surface area (Å²) in [4.78, 5) is -0.00340. The van der Waals surface area contributed by atoms with Crippen LogP contribution in [0.25, 0.3) is 0 Å². The van der Waals surface area contributed by atoms with Crippen LogP contribution in [0.4, 0.5) is 5.69 Å². The van der Waals surface area contributed by atoms with E-state index in [1.54, 1.807) is 25.1 Å². The van der Waals surface area contributed by atoms with E-state index in [4.69, 9.17) is 21.8 Å². The normalized spacial score (nSPS) is 12.0. The predicted molar refractivity (Wildman–Crippen MR) is 78.0 cm³/mol. The first-order valence-corrected chi connectivity index (χ1v) is 7.68. The number of sulfonamides is 1. The van der Waals surface area contributed by atoms with Crippen molar-refractivity contribution >= 4 is 27.3 Å². The molecule has 20 heavy (non-hydrogen) atoms. The van der Waals surface area contributed by atoms with Crippen LogP contribution in [0.2, 0.25) is 5.02 Å². The van der Waals surface area contributed by atoms with Gasteiger partial charge in [-0.1, -0.05) is 11.6 Å². The first-order chi connectivity index (χ1) is 9.32. The zero-order valence-corrected chi connectivity index (χ0v) is 12.7. The molecule has 0 amide bonds. The van der Waals surface area contributed by atoms with E-state index in [0.29, 0.717) is 11.4 Å². The molecule has 0 spiro atoms. The van der Waals surface area contributed by atoms with Crippen molar-refractivity contribution in [3.8, 4) is 0 Å². The van der Waals surface area contributed by atoms with Gasteiger partial charge in [0.1, 0.15) is 10.7 Å². The minimum atomic E-state index is -3.72. The molecule has 2 N–H and O–H groups in total. The number of hydrogen-bond acceptors (Lipinski definition) is 4. The number of furan rings is 1. The standard InChI is InChI=1S/C13H15ClN2O3S/c1-9-6-11(14)13(7-12(9)15)20(17,18)16(2)8-10-4-3-5-19-10/h3-7H,8,15H2,1-2H3. The van der Waals surface area contributed by atoms with E-state index in [0.717, 1.165) is 5.56 Å². The number of halogens is 1. The molecular formula is C13H15ClN2O3S. The highest BCUT2D eigenvalue weighted by Gasteiger charge is 2.25. The maximum absolute atomic E-state index is 12.5. The molecule has 0 bridgehead atoms. The molecule has 2 aromatic rings. The van der Waals surface area contributed by atoms with Gasteiger partial charge in [-0.15, -0.1) is 0 Å². The Morgan fingerprint density at radius 3 is 2.70 bits per heavy atom. The van der Waals surface area contributed by atoms with Crippen LogP contribution in [0.15, 0.2) is 39.8 Å². The van der Waals surface area contributed by atoms with Gasteiger partial charge in [0.2, 0.25) is 10.0 Å². The van der Waals surface area contributed by atoms with Crippen LogP contribution < -0.4 is 5.73 Å². The van der Waals surface area contributed by atoms with Crippen LogP contribution in [0.5, 0.6) is 0 Å². The second-order valence-electron chi connectivity index (χ2n) is 4.48. The highest BCUT2D eigenvalue weighted by atomic mass is 35.5. The molecule has 108 valence electrons. The Balaban J connectivity index is 2.37. The van der Waals surface area contributed by atoms with E-state index in [-0.39, 0.29) is 16.5 Å². The maximum Gasteiger partial charge on any atom is 0.244 e. The Morgan fingerprint density at radius 2 is 2.10 bits per heavy atom. The second kappa shape index (κ2) is 5.47. The van der Waals surface area contributed by atoms with Crippen LogP contribution in [0.1, 0.15) is 11.3 Å². The molecule has 7 heteroatoms. The monoisotopic (exact) mass is 314 g/mol. The van der Waals surface area contributed by atoms with Crippen molar-refractivity contribution in [2.45, 2.75) is 18.4 Å². The van der Waals surface area contributed by atoms with Crippen molar-refractivity contribution in [2.24, 2.45) is 0 Å². The van der Waals surface area contributed by atoms with E-state index in [2.05, 4.69) is 0 Å². The fourth-order valence-corrected chi connectivity index (χ4v) is 3.47. The lowest BCUT2D eigenvalue weighted by molar-refractivity contribution is 0.406. The van der Waals surface area contributed by atoms with Gasteiger partial charge in [-0.05, 0) is 36.8 Å². The van der Waals surface area contributed by atoms with Crippen molar-refractivity contribution in [3.63, 3.8) is 0 Å². The highest BCUT2D eigenvalue weighted by molar-refractivity contribution is 7.89. The largest absolute Gasteiger partial charge is 0.468 e. The van der Waals surface area contributed by atoms with Crippen molar-refractivity contribution in [2.75, 3.05) is 12.8 Å². The number of nitrogens with two attached hydrogens (primary N) is 1. The maximum atomic E-state index is 12.5. The second-order valence-corrected chi connectivity index (χ2v) is 6.90. The summed E-state index contributed by atoms with van der Waals surface area (Å²) in [7, 11) is -2.26. The molecular weight excluding hydrogens is 300 g/mol. The van der Waals surface area contributed by atoms with E-state index < -0.39 is 10.0 Å². The number of benzene rings is 1. The molecule has 0 atom stereocenters. The Labute approximate surface area is 123 Å². The summed E-state index contributed by atoms with van der Waals surface area (Å²) in [6.45, 7) is 1.89. The summed E-state index contributed by atoms with van der Waals surface area (Å²) < 4.78 is 31.3. The molecule has 0 aliphatic heterocycles. The molecule has 0 fully saturated rings. The molecule has 0 aliphatic carbocycles. The number of nitrogen functional groups attached to an aromatic ring is 1. The summed E-state index contributed by atoms with van der Waals surface area (Å²) in [5.41, 5.74) is 6.89. The Bertz CT molecular complexity index is 711. The Morgan fingerprint density at radius 1 is 1.40 bits per heavy atom. The molecule has 1 heterocycles. The van der Waals surface area contributed by atoms with Gasteiger partial charge in [0.25, 0.3) is 0 Å². The van der Waals surface area contributed by atoms with Crippen molar-refractivity contribution in [3.05, 3.63) is 46.9 Å². The number of hydrogen-bond donors (Lipinski definition) is 1. The Hall–Kier alpha value is -1.50. The third kappa shape index (κ3) is 2.82. The van der Waals surface area contributed by atoms with Gasteiger partial charge < -0.3 is 10.2 Å². The van der Waals surface area contributed by atoms with E-state index in [9.17, 15) is 8.42 Å². The molecule has 0 radical (unpaired) electrons. The highest BCUT2D eigenvalue weighted by Crippen LogP contribution is 2.29. The zero-order chi connectivity index (χ0) is 14.9. The molecule has 0 unspecified atom stereocenters. The van der Waals surface area contributed by atoms with Crippen LogP contribution in [0, 0.1) is 6.92 Å². The summed E-state index contributed by atoms with van der Waals surface area (Å²) in [6.07, 6.45) is 1.49. The van der Waals surface area contributed by atoms with Gasteiger partial charge in [0.15, 0.2) is 0 Å². The molecule has 1 aromatic carbocycles. The zero-order valence-electron chi connectivity index (χ0n) is 11.1. The molecule has 2 rings (SSSR count). The SMILES string of the molecule is Cc1cc(Cl)c(S(=O)(=O)N(C)Cc2ccco2)cc1N. The third-order valence-electron chi connectivity index (χ3n) is 2.97. The van der Waals surface area contributed by atoms with Crippen molar-refractivity contribution < 1.29 is 12.8 Å². The van der Waals surface area contributed by atoms with Crippen LogP contribution >= 0.6 is 11.6 Å². The van der Waals surface area contributed by atoms with E-state index in [1.165, 1.54) is 23.7 Å². The first-order valence-electron chi connectivity index (χ1n) is 5.86. The van der Waals surface area contributed by atoms with Crippen LogP contribution in [-0.4, -0.2) is 19.8 Å². The summed E-state index contributed by atoms with van der Waals surface area (Å²) in [5.74, 6) is 0.548. The summed E-state index contributed by atoms with van der Waals surface area (Å²) in [5, 5.41) is 0.156. The van der Waals surface area contributed by atoms with Crippen molar-refractivity contribution in [1.82, 2.24) is 4.31 Å². The van der Waals surface area contributed by atoms with Crippen LogP contribution in [-0.2, 0) is 16.6 Å². The quantitative estimate of drug-likeness (QED) is 0.880. The minimum Gasteiger partial charge on any atom is -0.468 e. The fraction of sp³-hybridized carbons (Fsp3) is 0.231. The average molecular weight is 315 g/mol. The molecule has 0 aliphatic rings. The number of aryl methyl sites for hydroxylation is 1. The lowest BCUT2D eigenvalue weighted by Gasteiger charge is -2.17. The lowest BCUT2D eigenvalue weighted by Crippen LogP contribution is -2.26. The van der Waals surface area contributed by atoms with Crippen LogP contribution in [0.3, 0.4) is 0 Å². The topological polar surface area (TPSA) is 76.5 Å². The van der Waals surface area contributed by atoms with E-state index >= 15 is 0 Å². The number of nitrogens with zero attached hydrogens (tertiary/aromatic N) is 1. The lowest BCUT2D eigenvalue weighted by atomic mass is 10.2. The molecule has 0 saturated carbocycles. The van der Waals surface area contributed by atoms with Gasteiger partial charge in [-0.3, -0.25) is 0 Å². The predicted octanol–water partition coefficient (Wildman–Crippen LogP) is 2.64. The van der Waals surface area contributed by atoms with E-state index in [1.807, 2.05) is 0 Å². The fourth-order valence-electron chi connectivity index (χ4n) is 1.74. The average Bonchev–Trinajstić information content (AvgIpc) is 2.86. The van der Waals surface area contributed by atoms with Gasteiger partial charge >= 0.3 is 0 Å². The van der Waals surface area contributed by atoms with Gasteiger partial charge in [-0.2, -0.15) is 4.31 Å². The number of anilines is 1. The van der Waals surface area contributed by atoms with Gasteiger partial charge in [0, 0.05) is 12.7 Å². The van der Waals surface area contributed by atoms with Crippen molar-refractivity contribution in [1.29, 1.82) is 0 Å². The molecule has 5 nitrogen and oxygen atoms in total. The molecule has 0 saturated heterocycles. The summed E-state index contributed by atoms with van der Waals surface area (Å²) in [6, 6.07) is 6.33. The number of rotatable bonds is 4. The molecule has 1 aromatic heterocycles. The summed E-state index contributed by atoms with van der Waals surface area (Å²) >= 11 is 6.03. The van der Waals surface area contributed by atoms with Gasteiger partial charge in [0.05, 0.1) is 17.8 Å². The first kappa shape index (κ1) is 14.9. The minimum absolute atomic E-state index is 0.00340. The Kier molecular flexibility index (Phi) is 4.08.